The minimum Gasteiger partial charge on any atom is -0.350 e. The molecule has 0 bridgehead atoms. The lowest BCUT2D eigenvalue weighted by molar-refractivity contribution is -0.111. The van der Waals surface area contributed by atoms with Gasteiger partial charge >= 0.3 is 0 Å². The molecule has 6 aromatic rings. The number of benzene rings is 2. The molecule has 2 N–H and O–H groups in total. The van der Waals surface area contributed by atoms with Gasteiger partial charge in [0.15, 0.2) is 11.5 Å². The molecule has 0 saturated carbocycles. The molecule has 41 heavy (non-hydrogen) atoms. The molecule has 4 aromatic heterocycles. The Bertz CT molecular complexity index is 1900. The molecule has 0 aliphatic rings. The van der Waals surface area contributed by atoms with E-state index >= 15 is 0 Å². The van der Waals surface area contributed by atoms with Gasteiger partial charge in [0.05, 0.1) is 11.9 Å². The van der Waals surface area contributed by atoms with Crippen molar-refractivity contribution in [2.24, 2.45) is 0 Å². The Morgan fingerprint density at radius 2 is 1.85 bits per heavy atom. The summed E-state index contributed by atoms with van der Waals surface area (Å²) >= 11 is 0. The average molecular weight is 541 g/mol. The third-order valence-electron chi connectivity index (χ3n) is 6.88. The first kappa shape index (κ1) is 25.8. The molecule has 0 radical (unpaired) electrons. The van der Waals surface area contributed by atoms with Gasteiger partial charge in [-0.2, -0.15) is 14.6 Å². The number of carbonyl (C=O) groups is 1. The molecular formula is C32H28N8O. The molecule has 4 heterocycles. The van der Waals surface area contributed by atoms with Crippen molar-refractivity contribution in [1.29, 1.82) is 0 Å². The fraction of sp³-hybridized carbons (Fsp3) is 0.125. The standard InChI is InChI=1S/C32H28N8O/c1-4-28(41)37-24-9-10-26-22(17-24)13-16-34-29(26)25-8-6-5-7-23(25)18-35-32-39-30(21-11-14-33-15-12-21)38-31-27(20(2)3)19-36-40(31)32/h4-17,19-20H,1,18H2,2-3H3,(H,37,41)(H,35,38,39). The van der Waals surface area contributed by atoms with Crippen LogP contribution >= 0.6 is 0 Å². The number of nitrogens with zero attached hydrogens (tertiary/aromatic N) is 6. The van der Waals surface area contributed by atoms with Crippen LogP contribution in [0.25, 0.3) is 39.1 Å². The quantitative estimate of drug-likeness (QED) is 0.219. The molecule has 6 rings (SSSR count). The zero-order chi connectivity index (χ0) is 28.3. The van der Waals surface area contributed by atoms with Crippen LogP contribution in [0.2, 0.25) is 0 Å². The van der Waals surface area contributed by atoms with Crippen molar-refractivity contribution in [1.82, 2.24) is 29.5 Å². The highest BCUT2D eigenvalue weighted by molar-refractivity contribution is 6.02. The normalized spacial score (nSPS) is 11.2. The van der Waals surface area contributed by atoms with Crippen molar-refractivity contribution in [3.05, 3.63) is 109 Å². The highest BCUT2D eigenvalue weighted by Gasteiger charge is 2.17. The van der Waals surface area contributed by atoms with E-state index in [9.17, 15) is 4.79 Å². The maximum atomic E-state index is 11.8. The summed E-state index contributed by atoms with van der Waals surface area (Å²) in [6, 6.07) is 19.7. The average Bonchev–Trinajstić information content (AvgIpc) is 3.45. The number of rotatable bonds is 8. The monoisotopic (exact) mass is 540 g/mol. The van der Waals surface area contributed by atoms with Crippen molar-refractivity contribution in [2.45, 2.75) is 26.3 Å². The first-order valence-corrected chi connectivity index (χ1v) is 13.3. The van der Waals surface area contributed by atoms with Crippen LogP contribution in [0.15, 0.2) is 98.1 Å². The van der Waals surface area contributed by atoms with Crippen LogP contribution in [0.4, 0.5) is 11.6 Å². The molecule has 2 aromatic carbocycles. The van der Waals surface area contributed by atoms with E-state index in [1.54, 1.807) is 23.1 Å². The molecule has 9 heteroatoms. The van der Waals surface area contributed by atoms with Crippen molar-refractivity contribution in [3.63, 3.8) is 0 Å². The minimum absolute atomic E-state index is 0.251. The fourth-order valence-corrected chi connectivity index (χ4v) is 4.79. The summed E-state index contributed by atoms with van der Waals surface area (Å²) in [5, 5.41) is 12.9. The molecule has 0 aliphatic heterocycles. The van der Waals surface area contributed by atoms with Gasteiger partial charge in [-0.05, 0) is 53.3 Å². The highest BCUT2D eigenvalue weighted by atomic mass is 16.1. The number of amides is 1. The van der Waals surface area contributed by atoms with Gasteiger partial charge in [0.25, 0.3) is 0 Å². The van der Waals surface area contributed by atoms with E-state index in [4.69, 9.17) is 15.0 Å². The molecule has 0 aliphatic carbocycles. The summed E-state index contributed by atoms with van der Waals surface area (Å²) in [5.41, 5.74) is 6.30. The number of fused-ring (bicyclic) bond motifs is 2. The van der Waals surface area contributed by atoms with Gasteiger partial charge in [-0.15, -0.1) is 0 Å². The molecule has 0 atom stereocenters. The van der Waals surface area contributed by atoms with Crippen molar-refractivity contribution in [2.75, 3.05) is 10.6 Å². The predicted molar refractivity (Wildman–Crippen MR) is 161 cm³/mol. The Balaban J connectivity index is 1.38. The molecule has 0 spiro atoms. The first-order chi connectivity index (χ1) is 20.0. The lowest BCUT2D eigenvalue weighted by atomic mass is 9.99. The van der Waals surface area contributed by atoms with E-state index in [1.165, 1.54) is 6.08 Å². The second-order valence-electron chi connectivity index (χ2n) is 9.90. The SMILES string of the molecule is C=CC(=O)Nc1ccc2c(-c3ccccc3CNc3nc(-c4ccncc4)nc4c(C(C)C)cnn34)nccc2c1. The molecule has 0 fully saturated rings. The lowest BCUT2D eigenvalue weighted by Gasteiger charge is -2.14. The Kier molecular flexibility index (Phi) is 6.91. The van der Waals surface area contributed by atoms with Crippen LogP contribution in [-0.2, 0) is 11.3 Å². The van der Waals surface area contributed by atoms with Gasteiger partial charge in [0.2, 0.25) is 11.9 Å². The Morgan fingerprint density at radius 1 is 1.02 bits per heavy atom. The van der Waals surface area contributed by atoms with E-state index in [1.807, 2.05) is 54.7 Å². The Labute approximate surface area is 237 Å². The highest BCUT2D eigenvalue weighted by Crippen LogP contribution is 2.31. The molecular weight excluding hydrogens is 512 g/mol. The minimum atomic E-state index is -0.251. The van der Waals surface area contributed by atoms with E-state index in [0.29, 0.717) is 24.0 Å². The summed E-state index contributed by atoms with van der Waals surface area (Å²) in [6.45, 7) is 8.26. The number of hydrogen-bond donors (Lipinski definition) is 2. The number of hydrogen-bond acceptors (Lipinski definition) is 7. The van der Waals surface area contributed by atoms with Crippen LogP contribution in [0.5, 0.6) is 0 Å². The number of pyridine rings is 2. The van der Waals surface area contributed by atoms with Crippen molar-refractivity contribution in [3.8, 4) is 22.6 Å². The predicted octanol–water partition coefficient (Wildman–Crippen LogP) is 6.26. The van der Waals surface area contributed by atoms with Crippen LogP contribution in [0.1, 0.15) is 30.9 Å². The Hall–Kier alpha value is -5.44. The summed E-state index contributed by atoms with van der Waals surface area (Å²) in [6.07, 6.45) is 8.37. The number of aromatic nitrogens is 6. The zero-order valence-corrected chi connectivity index (χ0v) is 22.7. The second kappa shape index (κ2) is 11.0. The zero-order valence-electron chi connectivity index (χ0n) is 22.7. The molecule has 1 amide bonds. The number of anilines is 2. The van der Waals surface area contributed by atoms with E-state index in [-0.39, 0.29) is 11.8 Å². The van der Waals surface area contributed by atoms with Gasteiger partial charge in [0, 0.05) is 52.9 Å². The van der Waals surface area contributed by atoms with Gasteiger partial charge in [-0.25, -0.2) is 4.98 Å². The summed E-state index contributed by atoms with van der Waals surface area (Å²) in [4.78, 5) is 30.4. The topological polar surface area (TPSA) is 110 Å². The van der Waals surface area contributed by atoms with Crippen molar-refractivity contribution >= 4 is 34.0 Å². The summed E-state index contributed by atoms with van der Waals surface area (Å²) in [5.74, 6) is 1.20. The summed E-state index contributed by atoms with van der Waals surface area (Å²) in [7, 11) is 0. The maximum absolute atomic E-state index is 11.8. The third-order valence-corrected chi connectivity index (χ3v) is 6.88. The van der Waals surface area contributed by atoms with Gasteiger partial charge in [0.1, 0.15) is 0 Å². The van der Waals surface area contributed by atoms with E-state index < -0.39 is 0 Å². The van der Waals surface area contributed by atoms with Crippen molar-refractivity contribution < 1.29 is 4.79 Å². The second-order valence-corrected chi connectivity index (χ2v) is 9.90. The fourth-order valence-electron chi connectivity index (χ4n) is 4.79. The Morgan fingerprint density at radius 3 is 2.66 bits per heavy atom. The molecule has 9 nitrogen and oxygen atoms in total. The van der Waals surface area contributed by atoms with Crippen LogP contribution in [-0.4, -0.2) is 35.5 Å². The van der Waals surface area contributed by atoms with Gasteiger partial charge in [-0.1, -0.05) is 50.8 Å². The van der Waals surface area contributed by atoms with Crippen LogP contribution in [0, 0.1) is 0 Å². The number of nitrogens with one attached hydrogen (secondary N) is 2. The van der Waals surface area contributed by atoms with Gasteiger partial charge < -0.3 is 10.6 Å². The van der Waals surface area contributed by atoms with E-state index in [0.717, 1.165) is 44.4 Å². The lowest BCUT2D eigenvalue weighted by Crippen LogP contribution is -2.11. The molecule has 0 saturated heterocycles. The largest absolute Gasteiger partial charge is 0.350 e. The third kappa shape index (κ3) is 5.12. The molecule has 0 unspecified atom stereocenters. The van der Waals surface area contributed by atoms with Crippen LogP contribution in [0.3, 0.4) is 0 Å². The first-order valence-electron chi connectivity index (χ1n) is 13.3. The van der Waals surface area contributed by atoms with E-state index in [2.05, 4.69) is 53.3 Å². The van der Waals surface area contributed by atoms with Crippen LogP contribution < -0.4 is 10.6 Å². The maximum Gasteiger partial charge on any atom is 0.247 e. The molecule has 202 valence electrons. The van der Waals surface area contributed by atoms with Gasteiger partial charge in [-0.3, -0.25) is 14.8 Å². The summed E-state index contributed by atoms with van der Waals surface area (Å²) < 4.78 is 1.76. The number of carbonyl (C=O) groups excluding carboxylic acids is 1. The smallest absolute Gasteiger partial charge is 0.247 e.